The lowest BCUT2D eigenvalue weighted by molar-refractivity contribution is 0.0951. The van der Waals surface area contributed by atoms with Crippen LogP contribution in [0.2, 0.25) is 0 Å². The third-order valence-corrected chi connectivity index (χ3v) is 5.27. The fraction of sp³-hybridized carbons (Fsp3) is 0.389. The van der Waals surface area contributed by atoms with E-state index in [1.54, 1.807) is 12.1 Å². The normalized spacial score (nSPS) is 14.8. The molecule has 2 heterocycles. The molecule has 3 rings (SSSR count). The predicted octanol–water partition coefficient (Wildman–Crippen LogP) is 2.92. The number of benzene rings is 1. The molecule has 136 valence electrons. The van der Waals surface area contributed by atoms with Gasteiger partial charge in [0.05, 0.1) is 4.88 Å². The van der Waals surface area contributed by atoms with Gasteiger partial charge in [-0.25, -0.2) is 4.39 Å². The van der Waals surface area contributed by atoms with Gasteiger partial charge in [-0.1, -0.05) is 12.1 Å². The van der Waals surface area contributed by atoms with Gasteiger partial charge in [0.1, 0.15) is 5.82 Å². The molecule has 0 aliphatic carbocycles. The third-order valence-electron chi connectivity index (χ3n) is 4.22. The molecular formula is C18H23ClFN3OS. The Morgan fingerprint density at radius 2 is 1.96 bits per heavy atom. The maximum atomic E-state index is 13.1. The van der Waals surface area contributed by atoms with Crippen LogP contribution in [-0.2, 0) is 0 Å². The molecule has 0 saturated carbocycles. The number of hydrogen-bond donors (Lipinski definition) is 2. The van der Waals surface area contributed by atoms with Gasteiger partial charge in [-0.2, -0.15) is 0 Å². The first-order valence-corrected chi connectivity index (χ1v) is 9.03. The molecule has 1 aromatic heterocycles. The van der Waals surface area contributed by atoms with E-state index in [2.05, 4.69) is 15.5 Å². The second-order valence-corrected chi connectivity index (χ2v) is 7.19. The van der Waals surface area contributed by atoms with Gasteiger partial charge in [-0.3, -0.25) is 9.69 Å². The molecule has 0 spiro atoms. The van der Waals surface area contributed by atoms with Crippen LogP contribution in [-0.4, -0.2) is 50.1 Å². The lowest BCUT2D eigenvalue weighted by atomic mass is 10.1. The second-order valence-electron chi connectivity index (χ2n) is 5.93. The Labute approximate surface area is 157 Å². The fourth-order valence-electron chi connectivity index (χ4n) is 2.86. The summed E-state index contributed by atoms with van der Waals surface area (Å²) < 4.78 is 13.1. The molecule has 4 nitrogen and oxygen atoms in total. The number of nitrogens with one attached hydrogen (secondary N) is 2. The van der Waals surface area contributed by atoms with E-state index >= 15 is 0 Å². The molecule has 1 fully saturated rings. The van der Waals surface area contributed by atoms with Crippen LogP contribution in [0.1, 0.15) is 14.5 Å². The first kappa shape index (κ1) is 19.8. The van der Waals surface area contributed by atoms with Crippen molar-refractivity contribution in [1.82, 2.24) is 15.5 Å². The zero-order valence-electron chi connectivity index (χ0n) is 14.2. The van der Waals surface area contributed by atoms with E-state index < -0.39 is 0 Å². The van der Waals surface area contributed by atoms with Crippen LogP contribution in [0.15, 0.2) is 30.3 Å². The molecule has 0 bridgehead atoms. The van der Waals surface area contributed by atoms with E-state index in [1.165, 1.54) is 23.5 Å². The van der Waals surface area contributed by atoms with Crippen molar-refractivity contribution in [3.05, 3.63) is 45.9 Å². The molecule has 2 N–H and O–H groups in total. The Hall–Kier alpha value is -1.47. The Bertz CT molecular complexity index is 699. The minimum atomic E-state index is -0.252. The van der Waals surface area contributed by atoms with Gasteiger partial charge < -0.3 is 10.6 Å². The van der Waals surface area contributed by atoms with Crippen LogP contribution in [0.5, 0.6) is 0 Å². The van der Waals surface area contributed by atoms with E-state index in [-0.39, 0.29) is 24.1 Å². The summed E-state index contributed by atoms with van der Waals surface area (Å²) in [5, 5.41) is 6.31. The van der Waals surface area contributed by atoms with Crippen molar-refractivity contribution < 1.29 is 9.18 Å². The smallest absolute Gasteiger partial charge is 0.261 e. The number of amides is 1. The van der Waals surface area contributed by atoms with E-state index in [4.69, 9.17) is 0 Å². The molecule has 25 heavy (non-hydrogen) atoms. The SMILES string of the molecule is Cc1sc(C(=O)NCCN2CCNCC2)cc1-c1ccc(F)cc1.Cl. The zero-order valence-corrected chi connectivity index (χ0v) is 15.8. The topological polar surface area (TPSA) is 44.4 Å². The summed E-state index contributed by atoms with van der Waals surface area (Å²) in [6.07, 6.45) is 0. The Kier molecular flexibility index (Phi) is 7.38. The zero-order chi connectivity index (χ0) is 16.9. The number of carbonyl (C=O) groups is 1. The average molecular weight is 384 g/mol. The molecule has 1 amide bonds. The molecule has 1 aromatic carbocycles. The first-order valence-electron chi connectivity index (χ1n) is 8.21. The van der Waals surface area contributed by atoms with Gasteiger partial charge in [0.15, 0.2) is 0 Å². The number of piperazine rings is 1. The number of halogens is 2. The van der Waals surface area contributed by atoms with Gasteiger partial charge in [-0.15, -0.1) is 23.7 Å². The third kappa shape index (κ3) is 5.25. The fourth-order valence-corrected chi connectivity index (χ4v) is 3.82. The van der Waals surface area contributed by atoms with Crippen molar-refractivity contribution in [2.45, 2.75) is 6.92 Å². The molecule has 1 aliphatic heterocycles. The van der Waals surface area contributed by atoms with Crippen LogP contribution in [0.4, 0.5) is 4.39 Å². The van der Waals surface area contributed by atoms with Gasteiger partial charge >= 0.3 is 0 Å². The number of nitrogens with zero attached hydrogens (tertiary/aromatic N) is 1. The summed E-state index contributed by atoms with van der Waals surface area (Å²) in [6, 6.07) is 8.28. The van der Waals surface area contributed by atoms with Crippen LogP contribution >= 0.6 is 23.7 Å². The summed E-state index contributed by atoms with van der Waals surface area (Å²) in [5.41, 5.74) is 1.93. The van der Waals surface area contributed by atoms with Crippen LogP contribution in [0.3, 0.4) is 0 Å². The quantitative estimate of drug-likeness (QED) is 0.834. The van der Waals surface area contributed by atoms with E-state index in [9.17, 15) is 9.18 Å². The number of thiophene rings is 1. The van der Waals surface area contributed by atoms with Crippen molar-refractivity contribution in [2.24, 2.45) is 0 Å². The Morgan fingerprint density at radius 3 is 2.64 bits per heavy atom. The monoisotopic (exact) mass is 383 g/mol. The van der Waals surface area contributed by atoms with Gasteiger partial charge in [0, 0.05) is 44.1 Å². The lowest BCUT2D eigenvalue weighted by Gasteiger charge is -2.26. The molecule has 7 heteroatoms. The standard InChI is InChI=1S/C18H22FN3OS.ClH/c1-13-16(14-2-4-15(19)5-3-14)12-17(24-13)18(23)21-8-11-22-9-6-20-7-10-22;/h2-5,12,20H,6-11H2,1H3,(H,21,23);1H. The molecule has 1 aliphatic rings. The highest BCUT2D eigenvalue weighted by atomic mass is 35.5. The minimum Gasteiger partial charge on any atom is -0.350 e. The molecular weight excluding hydrogens is 361 g/mol. The van der Waals surface area contributed by atoms with E-state index in [0.717, 1.165) is 48.7 Å². The van der Waals surface area contributed by atoms with E-state index in [0.29, 0.717) is 11.4 Å². The van der Waals surface area contributed by atoms with E-state index in [1.807, 2.05) is 13.0 Å². The largest absolute Gasteiger partial charge is 0.350 e. The summed E-state index contributed by atoms with van der Waals surface area (Å²) in [7, 11) is 0. The van der Waals surface area contributed by atoms with Crippen molar-refractivity contribution >= 4 is 29.7 Å². The highest BCUT2D eigenvalue weighted by Gasteiger charge is 2.14. The van der Waals surface area contributed by atoms with Gasteiger partial charge in [-0.05, 0) is 36.2 Å². The summed E-state index contributed by atoms with van der Waals surface area (Å²) in [5.74, 6) is -0.288. The summed E-state index contributed by atoms with van der Waals surface area (Å²) in [6.45, 7) is 7.61. The molecule has 0 atom stereocenters. The maximum absolute atomic E-state index is 13.1. The lowest BCUT2D eigenvalue weighted by Crippen LogP contribution is -2.46. The van der Waals surface area contributed by atoms with Gasteiger partial charge in [0.2, 0.25) is 0 Å². The number of hydrogen-bond acceptors (Lipinski definition) is 4. The highest BCUT2D eigenvalue weighted by Crippen LogP contribution is 2.31. The van der Waals surface area contributed by atoms with Crippen LogP contribution in [0, 0.1) is 12.7 Å². The van der Waals surface area contributed by atoms with Crippen LogP contribution < -0.4 is 10.6 Å². The van der Waals surface area contributed by atoms with Crippen molar-refractivity contribution in [3.8, 4) is 11.1 Å². The Balaban J connectivity index is 0.00000225. The van der Waals surface area contributed by atoms with Crippen molar-refractivity contribution in [1.29, 1.82) is 0 Å². The van der Waals surface area contributed by atoms with Crippen molar-refractivity contribution in [2.75, 3.05) is 39.3 Å². The highest BCUT2D eigenvalue weighted by molar-refractivity contribution is 7.14. The molecule has 2 aromatic rings. The van der Waals surface area contributed by atoms with Gasteiger partial charge in [0.25, 0.3) is 5.91 Å². The molecule has 0 unspecified atom stereocenters. The average Bonchev–Trinajstić information content (AvgIpc) is 2.98. The maximum Gasteiger partial charge on any atom is 0.261 e. The second kappa shape index (κ2) is 9.29. The molecule has 0 radical (unpaired) electrons. The number of aryl methyl sites for hydroxylation is 1. The number of rotatable bonds is 5. The summed E-state index contributed by atoms with van der Waals surface area (Å²) in [4.78, 5) is 16.5. The first-order chi connectivity index (χ1) is 11.6. The van der Waals surface area contributed by atoms with Crippen molar-refractivity contribution in [3.63, 3.8) is 0 Å². The predicted molar refractivity (Wildman–Crippen MR) is 103 cm³/mol. The minimum absolute atomic E-state index is 0. The Morgan fingerprint density at radius 1 is 1.28 bits per heavy atom. The molecule has 1 saturated heterocycles. The van der Waals surface area contributed by atoms with Crippen LogP contribution in [0.25, 0.3) is 11.1 Å². The summed E-state index contributed by atoms with van der Waals surface area (Å²) >= 11 is 1.48. The number of carbonyl (C=O) groups excluding carboxylic acids is 1.